The Labute approximate surface area is 190 Å². The Morgan fingerprint density at radius 3 is 2.35 bits per heavy atom. The van der Waals surface area contributed by atoms with Gasteiger partial charge in [0.1, 0.15) is 0 Å². The van der Waals surface area contributed by atoms with Gasteiger partial charge < -0.3 is 15.1 Å². The van der Waals surface area contributed by atoms with Crippen molar-refractivity contribution in [2.24, 2.45) is 0 Å². The van der Waals surface area contributed by atoms with Crippen LogP contribution in [0.3, 0.4) is 0 Å². The number of hydrogen-bond acceptors (Lipinski definition) is 4. The van der Waals surface area contributed by atoms with Crippen molar-refractivity contribution in [3.05, 3.63) is 70.8 Å². The van der Waals surface area contributed by atoms with Crippen molar-refractivity contribution in [3.8, 4) is 10.4 Å². The van der Waals surface area contributed by atoms with E-state index in [4.69, 9.17) is 11.6 Å². The number of nitrogens with one attached hydrogen (secondary N) is 1. The van der Waals surface area contributed by atoms with Crippen LogP contribution in [0.15, 0.2) is 60.9 Å². The molecular formula is C23H23ClN4O2S. The molecule has 0 unspecified atom stereocenters. The average molecular weight is 455 g/mol. The standard InChI is InChI=1S/C23H23ClN4O2S/c1-27(19-10-14-28(15-11-19)22(29)17-8-12-25-13-9-17)23(30)26-18-4-2-16(3-5-18)20-6-7-21(24)31-20/h2-9,12-13,19H,10-11,14-15H2,1H3,(H,26,30). The van der Waals surface area contributed by atoms with E-state index < -0.39 is 0 Å². The van der Waals surface area contributed by atoms with Crippen molar-refractivity contribution in [2.45, 2.75) is 18.9 Å². The molecule has 0 saturated carbocycles. The molecule has 31 heavy (non-hydrogen) atoms. The highest BCUT2D eigenvalue weighted by molar-refractivity contribution is 7.19. The molecule has 3 heterocycles. The van der Waals surface area contributed by atoms with Crippen LogP contribution < -0.4 is 5.32 Å². The zero-order valence-corrected chi connectivity index (χ0v) is 18.7. The lowest BCUT2D eigenvalue weighted by atomic mass is 10.0. The van der Waals surface area contributed by atoms with Gasteiger partial charge in [-0.2, -0.15) is 0 Å². The first-order valence-corrected chi connectivity index (χ1v) is 11.3. The van der Waals surface area contributed by atoms with Gasteiger partial charge in [-0.25, -0.2) is 4.79 Å². The number of urea groups is 1. The van der Waals surface area contributed by atoms with E-state index >= 15 is 0 Å². The first-order chi connectivity index (χ1) is 15.0. The average Bonchev–Trinajstić information content (AvgIpc) is 3.25. The first-order valence-electron chi connectivity index (χ1n) is 10.1. The first kappa shape index (κ1) is 21.3. The highest BCUT2D eigenvalue weighted by Crippen LogP contribution is 2.31. The van der Waals surface area contributed by atoms with Crippen molar-refractivity contribution in [3.63, 3.8) is 0 Å². The summed E-state index contributed by atoms with van der Waals surface area (Å²) < 4.78 is 0.752. The highest BCUT2D eigenvalue weighted by Gasteiger charge is 2.28. The lowest BCUT2D eigenvalue weighted by molar-refractivity contribution is 0.0671. The molecule has 1 fully saturated rings. The Hall–Kier alpha value is -2.90. The number of benzene rings is 1. The summed E-state index contributed by atoms with van der Waals surface area (Å²) in [7, 11) is 1.81. The van der Waals surface area contributed by atoms with Gasteiger partial charge in [0.25, 0.3) is 5.91 Å². The van der Waals surface area contributed by atoms with Gasteiger partial charge in [-0.3, -0.25) is 9.78 Å². The van der Waals surface area contributed by atoms with Crippen LogP contribution in [0.25, 0.3) is 10.4 Å². The van der Waals surface area contributed by atoms with Crippen molar-refractivity contribution in [1.29, 1.82) is 0 Å². The molecule has 0 aliphatic carbocycles. The van der Waals surface area contributed by atoms with Gasteiger partial charge >= 0.3 is 6.03 Å². The number of carbonyl (C=O) groups excluding carboxylic acids is 2. The van der Waals surface area contributed by atoms with Gasteiger partial charge in [0, 0.05) is 54.7 Å². The van der Waals surface area contributed by atoms with Gasteiger partial charge in [0.15, 0.2) is 0 Å². The summed E-state index contributed by atoms with van der Waals surface area (Å²) in [5.74, 6) is 0.0140. The molecule has 1 saturated heterocycles. The summed E-state index contributed by atoms with van der Waals surface area (Å²) in [5.41, 5.74) is 2.45. The molecule has 6 nitrogen and oxygen atoms in total. The Balaban J connectivity index is 1.30. The van der Waals surface area contributed by atoms with Crippen LogP contribution >= 0.6 is 22.9 Å². The molecule has 3 aromatic rings. The minimum absolute atomic E-state index is 0.0140. The van der Waals surface area contributed by atoms with Gasteiger partial charge in [0.05, 0.1) is 4.34 Å². The highest BCUT2D eigenvalue weighted by atomic mass is 35.5. The minimum Gasteiger partial charge on any atom is -0.338 e. The number of likely N-dealkylation sites (tertiary alicyclic amines) is 1. The summed E-state index contributed by atoms with van der Waals surface area (Å²) in [5, 5.41) is 2.96. The molecule has 0 radical (unpaired) electrons. The number of thiophene rings is 1. The smallest absolute Gasteiger partial charge is 0.321 e. The van der Waals surface area contributed by atoms with Crippen LogP contribution in [0.2, 0.25) is 4.34 Å². The van der Waals surface area contributed by atoms with Gasteiger partial charge in [-0.1, -0.05) is 23.7 Å². The number of rotatable bonds is 4. The molecule has 2 aromatic heterocycles. The van der Waals surface area contributed by atoms with E-state index in [9.17, 15) is 9.59 Å². The zero-order chi connectivity index (χ0) is 21.8. The van der Waals surface area contributed by atoms with Crippen LogP contribution in [0.4, 0.5) is 10.5 Å². The summed E-state index contributed by atoms with van der Waals surface area (Å²) in [6, 6.07) is 15.0. The van der Waals surface area contributed by atoms with Crippen LogP contribution in [0, 0.1) is 0 Å². The molecule has 0 spiro atoms. The number of nitrogens with zero attached hydrogens (tertiary/aromatic N) is 3. The van der Waals surface area contributed by atoms with E-state index in [1.165, 1.54) is 11.3 Å². The largest absolute Gasteiger partial charge is 0.338 e. The van der Waals surface area contributed by atoms with E-state index in [0.29, 0.717) is 18.7 Å². The number of halogens is 1. The molecule has 1 aliphatic heterocycles. The lowest BCUT2D eigenvalue weighted by Crippen LogP contribution is -2.48. The predicted molar refractivity (Wildman–Crippen MR) is 125 cm³/mol. The predicted octanol–water partition coefficient (Wildman–Crippen LogP) is 5.23. The summed E-state index contributed by atoms with van der Waals surface area (Å²) >= 11 is 7.53. The number of amides is 3. The summed E-state index contributed by atoms with van der Waals surface area (Å²) in [4.78, 5) is 33.9. The van der Waals surface area contributed by atoms with Crippen molar-refractivity contribution in [2.75, 3.05) is 25.5 Å². The van der Waals surface area contributed by atoms with Crippen molar-refractivity contribution < 1.29 is 9.59 Å². The topological polar surface area (TPSA) is 65.5 Å². The third-order valence-corrected chi connectivity index (χ3v) is 6.82. The van der Waals surface area contributed by atoms with Crippen molar-refractivity contribution in [1.82, 2.24) is 14.8 Å². The van der Waals surface area contributed by atoms with E-state index in [-0.39, 0.29) is 18.0 Å². The maximum absolute atomic E-state index is 12.7. The van der Waals surface area contributed by atoms with Gasteiger partial charge in [-0.15, -0.1) is 11.3 Å². The molecule has 0 atom stereocenters. The Bertz CT molecular complexity index is 1050. The zero-order valence-electron chi connectivity index (χ0n) is 17.1. The fourth-order valence-electron chi connectivity index (χ4n) is 3.70. The number of pyridine rings is 1. The summed E-state index contributed by atoms with van der Waals surface area (Å²) in [6.45, 7) is 1.25. The quantitative estimate of drug-likeness (QED) is 0.586. The Morgan fingerprint density at radius 1 is 1.06 bits per heavy atom. The number of piperidine rings is 1. The third kappa shape index (κ3) is 5.06. The number of carbonyl (C=O) groups is 2. The molecule has 0 bridgehead atoms. The number of aromatic nitrogens is 1. The normalized spacial score (nSPS) is 14.3. The maximum Gasteiger partial charge on any atom is 0.321 e. The monoisotopic (exact) mass is 454 g/mol. The number of anilines is 1. The van der Waals surface area contributed by atoms with E-state index in [0.717, 1.165) is 33.3 Å². The molecule has 8 heteroatoms. The van der Waals surface area contributed by atoms with Crippen molar-refractivity contribution >= 4 is 40.6 Å². The van der Waals surface area contributed by atoms with E-state index in [1.807, 2.05) is 48.3 Å². The Morgan fingerprint density at radius 2 is 1.74 bits per heavy atom. The van der Waals surface area contributed by atoms with Crippen LogP contribution in [0.5, 0.6) is 0 Å². The molecule has 1 aromatic carbocycles. The fourth-order valence-corrected chi connectivity index (χ4v) is 4.75. The molecule has 1 aliphatic rings. The van der Waals surface area contributed by atoms with Crippen LogP contribution in [-0.2, 0) is 0 Å². The van der Waals surface area contributed by atoms with Crippen LogP contribution in [-0.4, -0.2) is 52.9 Å². The molecule has 4 rings (SSSR count). The lowest BCUT2D eigenvalue weighted by Gasteiger charge is -2.36. The van der Waals surface area contributed by atoms with Crippen LogP contribution in [0.1, 0.15) is 23.2 Å². The van der Waals surface area contributed by atoms with Gasteiger partial charge in [0.2, 0.25) is 0 Å². The summed E-state index contributed by atoms with van der Waals surface area (Å²) in [6.07, 6.45) is 4.75. The second kappa shape index (κ2) is 9.49. The third-order valence-electron chi connectivity index (χ3n) is 5.54. The molecule has 3 amide bonds. The minimum atomic E-state index is -0.147. The van der Waals surface area contributed by atoms with Gasteiger partial charge in [-0.05, 0) is 54.8 Å². The maximum atomic E-state index is 12.7. The Kier molecular flexibility index (Phi) is 6.53. The second-order valence-corrected chi connectivity index (χ2v) is 9.20. The second-order valence-electron chi connectivity index (χ2n) is 7.48. The molecule has 160 valence electrons. The molecule has 1 N–H and O–H groups in total. The molecular weight excluding hydrogens is 432 g/mol. The SMILES string of the molecule is CN(C(=O)Nc1ccc(-c2ccc(Cl)s2)cc1)C1CCN(C(=O)c2ccncc2)CC1. The van der Waals surface area contributed by atoms with E-state index in [2.05, 4.69) is 10.3 Å². The number of hydrogen-bond donors (Lipinski definition) is 1. The fraction of sp³-hybridized carbons (Fsp3) is 0.261. The van der Waals surface area contributed by atoms with E-state index in [1.54, 1.807) is 29.4 Å².